The molecule has 3 aromatic carbocycles. The van der Waals surface area contributed by atoms with Crippen LogP contribution in [0.5, 0.6) is 0 Å². The fourth-order valence-electron chi connectivity index (χ4n) is 4.70. The molecule has 0 bridgehead atoms. The number of guanidine groups is 1. The van der Waals surface area contributed by atoms with E-state index in [9.17, 15) is 8.42 Å². The van der Waals surface area contributed by atoms with Crippen molar-refractivity contribution in [3.8, 4) is 11.1 Å². The molecule has 0 amide bonds. The zero-order chi connectivity index (χ0) is 26.9. The van der Waals surface area contributed by atoms with Crippen molar-refractivity contribution in [1.29, 1.82) is 0 Å². The molecule has 0 aliphatic carbocycles. The highest BCUT2D eigenvalue weighted by atomic mass is 35.5. The van der Waals surface area contributed by atoms with E-state index in [0.717, 1.165) is 47.7 Å². The standard InChI is InChI=1S/C27H30Cl2N6O2S/c1-18-16-19(25-22(28)6-5-7-23(25)29)17-24-26(18)31-27(33-32-24)30-20-8-10-21(11-9-20)38(36,37)34(2)14-15-35-12-3-4-13-35/h5-11,16-17,32H,3-4,12-15H2,1-2H3,(H2,30,31,33). The fourth-order valence-corrected chi connectivity index (χ4v) is 6.48. The first-order valence-corrected chi connectivity index (χ1v) is 14.7. The van der Waals surface area contributed by atoms with Gasteiger partial charge < -0.3 is 10.2 Å². The van der Waals surface area contributed by atoms with E-state index in [4.69, 9.17) is 28.2 Å². The lowest BCUT2D eigenvalue weighted by Crippen LogP contribution is -2.37. The van der Waals surface area contributed by atoms with E-state index in [-0.39, 0.29) is 4.90 Å². The molecule has 0 aromatic heterocycles. The molecule has 11 heteroatoms. The Labute approximate surface area is 233 Å². The number of halogens is 2. The van der Waals surface area contributed by atoms with Crippen LogP contribution < -0.4 is 16.2 Å². The van der Waals surface area contributed by atoms with Gasteiger partial charge in [-0.1, -0.05) is 29.3 Å². The zero-order valence-corrected chi connectivity index (χ0v) is 23.6. The molecular formula is C27H30Cl2N6O2S. The molecule has 2 heterocycles. The Morgan fingerprint density at radius 3 is 2.39 bits per heavy atom. The maximum atomic E-state index is 13.0. The molecule has 3 N–H and O–H groups in total. The summed E-state index contributed by atoms with van der Waals surface area (Å²) in [6.07, 6.45) is 2.37. The fraction of sp³-hybridized carbons (Fsp3) is 0.296. The number of nitrogens with zero attached hydrogens (tertiary/aromatic N) is 3. The van der Waals surface area contributed by atoms with Gasteiger partial charge in [0, 0.05) is 41.4 Å². The number of benzene rings is 3. The topological polar surface area (TPSA) is 89.1 Å². The largest absolute Gasteiger partial charge is 0.325 e. The second-order valence-corrected chi connectivity index (χ2v) is 12.4. The van der Waals surface area contributed by atoms with Crippen LogP contribution in [0.4, 0.5) is 17.1 Å². The van der Waals surface area contributed by atoms with Crippen LogP contribution in [-0.2, 0) is 10.0 Å². The molecule has 2 aliphatic rings. The van der Waals surface area contributed by atoms with Crippen LogP contribution in [0.15, 0.2) is 64.5 Å². The van der Waals surface area contributed by atoms with Crippen LogP contribution in [0.1, 0.15) is 18.4 Å². The van der Waals surface area contributed by atoms with Crippen molar-refractivity contribution in [3.63, 3.8) is 0 Å². The molecule has 200 valence electrons. The van der Waals surface area contributed by atoms with Crippen molar-refractivity contribution in [1.82, 2.24) is 14.6 Å². The highest BCUT2D eigenvalue weighted by molar-refractivity contribution is 7.89. The lowest BCUT2D eigenvalue weighted by Gasteiger charge is -2.23. The first-order chi connectivity index (χ1) is 18.2. The van der Waals surface area contributed by atoms with E-state index < -0.39 is 10.0 Å². The molecule has 0 unspecified atom stereocenters. The summed E-state index contributed by atoms with van der Waals surface area (Å²) in [6, 6.07) is 16.1. The number of anilines is 2. The van der Waals surface area contributed by atoms with E-state index in [1.54, 1.807) is 31.3 Å². The van der Waals surface area contributed by atoms with Gasteiger partial charge in [-0.15, -0.1) is 0 Å². The predicted octanol–water partition coefficient (Wildman–Crippen LogP) is 5.71. The number of rotatable bonds is 7. The molecule has 0 spiro atoms. The molecule has 2 aliphatic heterocycles. The molecule has 5 rings (SSSR count). The highest BCUT2D eigenvalue weighted by Gasteiger charge is 2.22. The predicted molar refractivity (Wildman–Crippen MR) is 156 cm³/mol. The number of fused-ring (bicyclic) bond motifs is 1. The van der Waals surface area contributed by atoms with E-state index >= 15 is 0 Å². The van der Waals surface area contributed by atoms with Gasteiger partial charge in [-0.25, -0.2) is 13.4 Å². The van der Waals surface area contributed by atoms with E-state index in [2.05, 4.69) is 21.1 Å². The maximum Gasteiger partial charge on any atom is 0.242 e. The quantitative estimate of drug-likeness (QED) is 0.336. The van der Waals surface area contributed by atoms with Gasteiger partial charge in [0.2, 0.25) is 16.0 Å². The van der Waals surface area contributed by atoms with Crippen LogP contribution in [0.2, 0.25) is 10.0 Å². The van der Waals surface area contributed by atoms with Gasteiger partial charge in [0.05, 0.1) is 16.3 Å². The highest BCUT2D eigenvalue weighted by Crippen LogP contribution is 2.40. The minimum Gasteiger partial charge on any atom is -0.325 e. The van der Waals surface area contributed by atoms with Gasteiger partial charge in [0.25, 0.3) is 0 Å². The SMILES string of the molecule is Cc1cc(-c2c(Cl)cccc2Cl)cc2c1N=C(Nc1ccc(S(=O)(=O)N(C)CCN3CCCC3)cc1)NN2. The van der Waals surface area contributed by atoms with Gasteiger partial charge in [-0.05, 0) is 92.5 Å². The van der Waals surface area contributed by atoms with E-state index in [1.807, 2.05) is 37.3 Å². The van der Waals surface area contributed by atoms with E-state index in [0.29, 0.717) is 28.2 Å². The Bertz CT molecular complexity index is 1450. The summed E-state index contributed by atoms with van der Waals surface area (Å²) in [7, 11) is -1.92. The number of nitrogens with one attached hydrogen (secondary N) is 3. The summed E-state index contributed by atoms with van der Waals surface area (Å²) in [5.41, 5.74) is 11.1. The molecule has 1 fully saturated rings. The number of hydrogen-bond donors (Lipinski definition) is 3. The van der Waals surface area contributed by atoms with Gasteiger partial charge in [0.15, 0.2) is 0 Å². The van der Waals surface area contributed by atoms with Crippen LogP contribution in [0.3, 0.4) is 0 Å². The van der Waals surface area contributed by atoms with Crippen molar-refractivity contribution in [2.45, 2.75) is 24.7 Å². The molecule has 0 radical (unpaired) electrons. The van der Waals surface area contributed by atoms with Gasteiger partial charge in [0.1, 0.15) is 0 Å². The van der Waals surface area contributed by atoms with Gasteiger partial charge in [-0.2, -0.15) is 4.31 Å². The minimum atomic E-state index is -3.56. The van der Waals surface area contributed by atoms with Crippen molar-refractivity contribution >= 4 is 56.2 Å². The van der Waals surface area contributed by atoms with Crippen molar-refractivity contribution < 1.29 is 8.42 Å². The smallest absolute Gasteiger partial charge is 0.242 e. The molecule has 38 heavy (non-hydrogen) atoms. The molecule has 8 nitrogen and oxygen atoms in total. The number of aliphatic imine (C=N–C) groups is 1. The van der Waals surface area contributed by atoms with Crippen LogP contribution in [-0.4, -0.2) is 56.8 Å². The third kappa shape index (κ3) is 5.62. The summed E-state index contributed by atoms with van der Waals surface area (Å²) < 4.78 is 27.4. The second kappa shape index (κ2) is 11.1. The average molecular weight is 574 g/mol. The summed E-state index contributed by atoms with van der Waals surface area (Å²) in [5.74, 6) is 0.488. The summed E-state index contributed by atoms with van der Waals surface area (Å²) in [6.45, 7) is 5.28. The van der Waals surface area contributed by atoms with E-state index in [1.165, 1.54) is 17.1 Å². The number of hydrogen-bond acceptors (Lipinski definition) is 7. The first kappa shape index (κ1) is 26.8. The minimum absolute atomic E-state index is 0.260. The van der Waals surface area contributed by atoms with Crippen LogP contribution in [0, 0.1) is 6.92 Å². The monoisotopic (exact) mass is 572 g/mol. The van der Waals surface area contributed by atoms with Crippen molar-refractivity contribution in [3.05, 3.63) is 70.2 Å². The lowest BCUT2D eigenvalue weighted by molar-refractivity contribution is 0.310. The number of sulfonamides is 1. The Balaban J connectivity index is 1.29. The Hall–Kier alpha value is -2.82. The number of aryl methyl sites for hydroxylation is 1. The number of hydrazine groups is 1. The molecule has 3 aromatic rings. The Morgan fingerprint density at radius 1 is 1.03 bits per heavy atom. The van der Waals surface area contributed by atoms with Crippen LogP contribution in [0.25, 0.3) is 11.1 Å². The first-order valence-electron chi connectivity index (χ1n) is 12.5. The maximum absolute atomic E-state index is 13.0. The lowest BCUT2D eigenvalue weighted by atomic mass is 10.0. The molecular weight excluding hydrogens is 543 g/mol. The molecule has 0 saturated carbocycles. The van der Waals surface area contributed by atoms with Crippen LogP contribution >= 0.6 is 23.2 Å². The van der Waals surface area contributed by atoms with Gasteiger partial charge >= 0.3 is 0 Å². The normalized spacial score (nSPS) is 15.6. The van der Waals surface area contributed by atoms with Gasteiger partial charge in [-0.3, -0.25) is 10.9 Å². The molecule has 0 atom stereocenters. The van der Waals surface area contributed by atoms with Crippen molar-refractivity contribution in [2.24, 2.45) is 4.99 Å². The molecule has 1 saturated heterocycles. The zero-order valence-electron chi connectivity index (χ0n) is 21.3. The average Bonchev–Trinajstić information content (AvgIpc) is 3.42. The number of likely N-dealkylation sites (tertiary alicyclic amines) is 1. The Morgan fingerprint density at radius 2 is 1.71 bits per heavy atom. The summed E-state index contributed by atoms with van der Waals surface area (Å²) in [5, 5.41) is 4.36. The van der Waals surface area contributed by atoms with Crippen molar-refractivity contribution in [2.75, 3.05) is 44.0 Å². The summed E-state index contributed by atoms with van der Waals surface area (Å²) in [4.78, 5) is 7.28. The number of likely N-dealkylation sites (N-methyl/N-ethyl adjacent to an activating group) is 1. The summed E-state index contributed by atoms with van der Waals surface area (Å²) >= 11 is 12.8. The Kier molecular flexibility index (Phi) is 7.83. The third-order valence-corrected chi connectivity index (χ3v) is 9.35. The second-order valence-electron chi connectivity index (χ2n) is 9.52. The third-order valence-electron chi connectivity index (χ3n) is 6.85.